The fourth-order valence-electron chi connectivity index (χ4n) is 2.34. The average molecular weight is 318 g/mol. The molecule has 5 nitrogen and oxygen atoms in total. The molecule has 1 N–H and O–H groups in total. The molecule has 2 aromatic rings. The van der Waals surface area contributed by atoms with E-state index in [4.69, 9.17) is 9.47 Å². The molecule has 6 heteroatoms. The molecule has 2 aromatic heterocycles. The fourth-order valence-corrected chi connectivity index (χ4v) is 2.97. The first-order chi connectivity index (χ1) is 10.7. The molecule has 1 saturated heterocycles. The third kappa shape index (κ3) is 3.64. The van der Waals surface area contributed by atoms with Gasteiger partial charge in [0.25, 0.3) is 5.91 Å². The van der Waals surface area contributed by atoms with Gasteiger partial charge < -0.3 is 14.8 Å². The van der Waals surface area contributed by atoms with Gasteiger partial charge in [0.05, 0.1) is 18.8 Å². The molecule has 1 aliphatic rings. The largest absolute Gasteiger partial charge is 0.484 e. The second-order valence-corrected chi connectivity index (χ2v) is 6.03. The zero-order chi connectivity index (χ0) is 15.4. The van der Waals surface area contributed by atoms with Crippen molar-refractivity contribution in [2.75, 3.05) is 13.2 Å². The van der Waals surface area contributed by atoms with E-state index in [-0.39, 0.29) is 18.1 Å². The van der Waals surface area contributed by atoms with Crippen LogP contribution in [0.3, 0.4) is 0 Å². The van der Waals surface area contributed by atoms with Crippen LogP contribution in [0.2, 0.25) is 0 Å². The maximum Gasteiger partial charge on any atom is 0.252 e. The Labute approximate surface area is 133 Å². The number of pyridine rings is 1. The van der Waals surface area contributed by atoms with Crippen molar-refractivity contribution in [2.24, 2.45) is 0 Å². The second-order valence-electron chi connectivity index (χ2n) is 5.25. The number of hydrogen-bond donors (Lipinski definition) is 1. The van der Waals surface area contributed by atoms with Crippen molar-refractivity contribution >= 4 is 17.2 Å². The number of carbonyl (C=O) groups excluding carboxylic acids is 1. The van der Waals surface area contributed by atoms with Crippen molar-refractivity contribution in [1.82, 2.24) is 10.3 Å². The van der Waals surface area contributed by atoms with Gasteiger partial charge in [-0.1, -0.05) is 0 Å². The zero-order valence-corrected chi connectivity index (χ0v) is 13.1. The van der Waals surface area contributed by atoms with E-state index in [1.54, 1.807) is 6.20 Å². The molecule has 3 heterocycles. The van der Waals surface area contributed by atoms with Crippen molar-refractivity contribution < 1.29 is 14.3 Å². The molecular formula is C16H18N2O3S. The highest BCUT2D eigenvalue weighted by molar-refractivity contribution is 7.08. The minimum atomic E-state index is -0.208. The minimum Gasteiger partial charge on any atom is -0.484 e. The molecule has 0 aromatic carbocycles. The first kappa shape index (κ1) is 15.0. The van der Waals surface area contributed by atoms with E-state index in [1.807, 2.05) is 35.9 Å². The van der Waals surface area contributed by atoms with Crippen LogP contribution in [-0.4, -0.2) is 36.3 Å². The van der Waals surface area contributed by atoms with E-state index in [9.17, 15) is 4.79 Å². The third-order valence-corrected chi connectivity index (χ3v) is 4.26. The minimum absolute atomic E-state index is 0.0659. The van der Waals surface area contributed by atoms with Crippen LogP contribution in [0.5, 0.6) is 5.75 Å². The number of nitrogens with one attached hydrogen (secondary N) is 1. The smallest absolute Gasteiger partial charge is 0.252 e. The van der Waals surface area contributed by atoms with Crippen LogP contribution >= 0.6 is 11.3 Å². The van der Waals surface area contributed by atoms with Crippen molar-refractivity contribution in [3.8, 4) is 5.75 Å². The summed E-state index contributed by atoms with van der Waals surface area (Å²) in [6.45, 7) is 3.01. The zero-order valence-electron chi connectivity index (χ0n) is 12.3. The highest BCUT2D eigenvalue weighted by atomic mass is 32.1. The number of carbonyl (C=O) groups is 1. The Bertz CT molecular complexity index is 613. The van der Waals surface area contributed by atoms with Crippen LogP contribution in [0, 0.1) is 6.92 Å². The topological polar surface area (TPSA) is 60.5 Å². The van der Waals surface area contributed by atoms with Crippen molar-refractivity contribution in [3.63, 3.8) is 0 Å². The molecule has 1 aliphatic heterocycles. The summed E-state index contributed by atoms with van der Waals surface area (Å²) < 4.78 is 11.4. The Morgan fingerprint density at radius 2 is 2.36 bits per heavy atom. The first-order valence-electron chi connectivity index (χ1n) is 7.22. The first-order valence-corrected chi connectivity index (χ1v) is 8.17. The number of rotatable bonds is 4. The van der Waals surface area contributed by atoms with Crippen LogP contribution in [0.1, 0.15) is 22.5 Å². The Morgan fingerprint density at radius 1 is 1.45 bits per heavy atom. The molecule has 0 aliphatic carbocycles. The molecule has 2 atom stereocenters. The lowest BCUT2D eigenvalue weighted by Crippen LogP contribution is -2.51. The van der Waals surface area contributed by atoms with E-state index in [2.05, 4.69) is 10.3 Å². The van der Waals surface area contributed by atoms with E-state index in [0.717, 1.165) is 12.1 Å². The molecule has 0 radical (unpaired) electrons. The summed E-state index contributed by atoms with van der Waals surface area (Å²) in [5, 5.41) is 6.78. The molecule has 1 fully saturated rings. The number of nitrogens with zero attached hydrogens (tertiary/aromatic N) is 1. The fraction of sp³-hybridized carbons (Fsp3) is 0.375. The number of aromatic nitrogens is 1. The summed E-state index contributed by atoms with van der Waals surface area (Å²) in [5.41, 5.74) is 1.63. The molecule has 22 heavy (non-hydrogen) atoms. The number of thiophene rings is 1. The highest BCUT2D eigenvalue weighted by Crippen LogP contribution is 2.18. The van der Waals surface area contributed by atoms with Crippen LogP contribution in [-0.2, 0) is 4.74 Å². The van der Waals surface area contributed by atoms with Gasteiger partial charge in [0, 0.05) is 23.2 Å². The van der Waals surface area contributed by atoms with Crippen LogP contribution < -0.4 is 10.1 Å². The molecule has 3 rings (SSSR count). The predicted octanol–water partition coefficient (Wildman–Crippen LogP) is 2.42. The molecule has 0 bridgehead atoms. The lowest BCUT2D eigenvalue weighted by molar-refractivity contribution is -0.0136. The quantitative estimate of drug-likeness (QED) is 0.940. The molecular weight excluding hydrogens is 300 g/mol. The summed E-state index contributed by atoms with van der Waals surface area (Å²) >= 11 is 1.51. The van der Waals surface area contributed by atoms with E-state index < -0.39 is 0 Å². The van der Waals surface area contributed by atoms with Crippen molar-refractivity contribution in [2.45, 2.75) is 25.5 Å². The lowest BCUT2D eigenvalue weighted by Gasteiger charge is -2.32. The highest BCUT2D eigenvalue weighted by Gasteiger charge is 2.29. The van der Waals surface area contributed by atoms with Gasteiger partial charge in [0.15, 0.2) is 0 Å². The van der Waals surface area contributed by atoms with Crippen LogP contribution in [0.15, 0.2) is 35.2 Å². The predicted molar refractivity (Wildman–Crippen MR) is 84.4 cm³/mol. The second kappa shape index (κ2) is 6.89. The Morgan fingerprint density at radius 3 is 3.09 bits per heavy atom. The number of aryl methyl sites for hydroxylation is 1. The van der Waals surface area contributed by atoms with Crippen LogP contribution in [0.25, 0.3) is 0 Å². The van der Waals surface area contributed by atoms with Gasteiger partial charge in [-0.25, -0.2) is 0 Å². The van der Waals surface area contributed by atoms with E-state index >= 15 is 0 Å². The third-order valence-electron chi connectivity index (χ3n) is 3.58. The summed E-state index contributed by atoms with van der Waals surface area (Å²) in [7, 11) is 0. The standard InChI is InChI=1S/C16H18N2O3S/c1-11-2-3-13(8-17-11)21-15-9-20-6-4-14(15)18-16(19)12-5-7-22-10-12/h2-3,5,7-8,10,14-15H,4,6,9H2,1H3,(H,18,19)/t14-,15+/m1/s1. The number of hydrogen-bond acceptors (Lipinski definition) is 5. The monoisotopic (exact) mass is 318 g/mol. The van der Waals surface area contributed by atoms with Crippen molar-refractivity contribution in [1.29, 1.82) is 0 Å². The summed E-state index contributed by atoms with van der Waals surface area (Å²) in [6, 6.07) is 5.54. The van der Waals surface area contributed by atoms with Gasteiger partial charge in [-0.05, 0) is 36.9 Å². The normalized spacial score (nSPS) is 21.3. The lowest BCUT2D eigenvalue weighted by atomic mass is 10.1. The van der Waals surface area contributed by atoms with E-state index in [0.29, 0.717) is 24.5 Å². The van der Waals surface area contributed by atoms with Crippen molar-refractivity contribution in [3.05, 3.63) is 46.4 Å². The summed E-state index contributed by atoms with van der Waals surface area (Å²) in [6.07, 6.45) is 2.22. The molecule has 1 amide bonds. The Balaban J connectivity index is 1.65. The van der Waals surface area contributed by atoms with E-state index in [1.165, 1.54) is 11.3 Å². The summed E-state index contributed by atoms with van der Waals surface area (Å²) in [4.78, 5) is 16.4. The van der Waals surface area contributed by atoms with Gasteiger partial charge in [-0.2, -0.15) is 11.3 Å². The molecule has 0 unspecified atom stereocenters. The number of ether oxygens (including phenoxy) is 2. The van der Waals surface area contributed by atoms with Gasteiger partial charge in [0.2, 0.25) is 0 Å². The summed E-state index contributed by atoms with van der Waals surface area (Å²) in [5.74, 6) is 0.625. The van der Waals surface area contributed by atoms with Crippen LogP contribution in [0.4, 0.5) is 0 Å². The maximum absolute atomic E-state index is 12.2. The van der Waals surface area contributed by atoms with Gasteiger partial charge in [-0.3, -0.25) is 9.78 Å². The maximum atomic E-state index is 12.2. The SMILES string of the molecule is Cc1ccc(O[C@H]2COCC[C@H]2NC(=O)c2ccsc2)cn1. The molecule has 116 valence electrons. The molecule has 0 saturated carbocycles. The number of amides is 1. The Hall–Kier alpha value is -1.92. The Kier molecular flexibility index (Phi) is 4.70. The molecule has 0 spiro atoms. The average Bonchev–Trinajstić information content (AvgIpc) is 3.06. The van der Waals surface area contributed by atoms with Gasteiger partial charge in [-0.15, -0.1) is 0 Å². The van der Waals surface area contributed by atoms with Gasteiger partial charge >= 0.3 is 0 Å². The van der Waals surface area contributed by atoms with Gasteiger partial charge in [0.1, 0.15) is 11.9 Å².